The monoisotopic (exact) mass is 236 g/mol. The summed E-state index contributed by atoms with van der Waals surface area (Å²) in [6, 6.07) is 1.64. The fourth-order valence-corrected chi connectivity index (χ4v) is 2.62. The Hall–Kier alpha value is -1.32. The van der Waals surface area contributed by atoms with Gasteiger partial charge >= 0.3 is 5.97 Å². The van der Waals surface area contributed by atoms with Crippen molar-refractivity contribution in [3.63, 3.8) is 0 Å². The lowest BCUT2D eigenvalue weighted by atomic mass is 9.87. The van der Waals surface area contributed by atoms with Gasteiger partial charge in [0.25, 0.3) is 0 Å². The lowest BCUT2D eigenvalue weighted by molar-refractivity contribution is 0.0689. The molecule has 0 atom stereocenters. The first kappa shape index (κ1) is 12.1. The van der Waals surface area contributed by atoms with Crippen molar-refractivity contribution in [1.29, 1.82) is 0 Å². The molecule has 1 aliphatic rings. The molecule has 4 heteroatoms. The highest BCUT2D eigenvalue weighted by Gasteiger charge is 2.15. The van der Waals surface area contributed by atoms with E-state index in [0.717, 1.165) is 24.6 Å². The maximum absolute atomic E-state index is 10.8. The largest absolute Gasteiger partial charge is 0.476 e. The fraction of sp³-hybridized carbons (Fsp3) is 0.692. The maximum Gasteiger partial charge on any atom is 0.356 e. The van der Waals surface area contributed by atoms with Gasteiger partial charge in [0.1, 0.15) is 0 Å². The Balaban J connectivity index is 1.91. The number of hydrogen-bond donors (Lipinski definition) is 1. The minimum atomic E-state index is -0.940. The topological polar surface area (TPSA) is 55.1 Å². The maximum atomic E-state index is 10.8. The number of aryl methyl sites for hydroxylation is 2. The van der Waals surface area contributed by atoms with Crippen LogP contribution in [-0.2, 0) is 6.54 Å². The lowest BCUT2D eigenvalue weighted by Crippen LogP contribution is -2.12. The van der Waals surface area contributed by atoms with Gasteiger partial charge in [0.15, 0.2) is 5.69 Å². The summed E-state index contributed by atoms with van der Waals surface area (Å²) >= 11 is 0. The number of rotatable bonds is 4. The van der Waals surface area contributed by atoms with Crippen LogP contribution >= 0.6 is 0 Å². The fourth-order valence-electron chi connectivity index (χ4n) is 2.62. The molecule has 0 aliphatic heterocycles. The minimum Gasteiger partial charge on any atom is -0.476 e. The van der Waals surface area contributed by atoms with Gasteiger partial charge in [-0.3, -0.25) is 4.68 Å². The van der Waals surface area contributed by atoms with Gasteiger partial charge in [-0.15, -0.1) is 0 Å². The van der Waals surface area contributed by atoms with Gasteiger partial charge in [0, 0.05) is 12.2 Å². The molecule has 1 heterocycles. The summed E-state index contributed by atoms with van der Waals surface area (Å²) in [6.07, 6.45) is 7.85. The van der Waals surface area contributed by atoms with Crippen LogP contribution in [0.5, 0.6) is 0 Å². The van der Waals surface area contributed by atoms with Crippen LogP contribution in [0.15, 0.2) is 6.07 Å². The highest BCUT2D eigenvalue weighted by atomic mass is 16.4. The van der Waals surface area contributed by atoms with Crippen molar-refractivity contribution >= 4 is 5.97 Å². The number of aromatic nitrogens is 2. The molecule has 0 amide bonds. The van der Waals surface area contributed by atoms with Gasteiger partial charge in [-0.1, -0.05) is 32.1 Å². The molecule has 94 valence electrons. The molecular weight excluding hydrogens is 216 g/mol. The van der Waals surface area contributed by atoms with E-state index in [2.05, 4.69) is 5.10 Å². The van der Waals surface area contributed by atoms with E-state index in [-0.39, 0.29) is 5.69 Å². The molecule has 1 aromatic heterocycles. The molecule has 4 nitrogen and oxygen atoms in total. The highest BCUT2D eigenvalue weighted by molar-refractivity contribution is 5.85. The summed E-state index contributed by atoms with van der Waals surface area (Å²) in [6.45, 7) is 2.77. The second kappa shape index (κ2) is 5.34. The van der Waals surface area contributed by atoms with Crippen molar-refractivity contribution in [2.75, 3.05) is 0 Å². The van der Waals surface area contributed by atoms with Crippen molar-refractivity contribution in [3.8, 4) is 0 Å². The van der Waals surface area contributed by atoms with Crippen LogP contribution in [0.2, 0.25) is 0 Å². The quantitative estimate of drug-likeness (QED) is 0.874. The second-order valence-electron chi connectivity index (χ2n) is 4.99. The number of carbonyl (C=O) groups is 1. The average molecular weight is 236 g/mol. The van der Waals surface area contributed by atoms with Crippen LogP contribution in [-0.4, -0.2) is 20.9 Å². The second-order valence-corrected chi connectivity index (χ2v) is 4.99. The van der Waals surface area contributed by atoms with E-state index in [1.54, 1.807) is 6.07 Å². The van der Waals surface area contributed by atoms with Crippen LogP contribution in [0, 0.1) is 12.8 Å². The highest BCUT2D eigenvalue weighted by Crippen LogP contribution is 2.26. The third-order valence-electron chi connectivity index (χ3n) is 3.67. The van der Waals surface area contributed by atoms with Crippen LogP contribution in [0.25, 0.3) is 0 Å². The van der Waals surface area contributed by atoms with E-state index in [9.17, 15) is 4.79 Å². The summed E-state index contributed by atoms with van der Waals surface area (Å²) in [5.74, 6) is -0.134. The summed E-state index contributed by atoms with van der Waals surface area (Å²) in [7, 11) is 0. The van der Waals surface area contributed by atoms with Crippen molar-refractivity contribution in [3.05, 3.63) is 17.5 Å². The predicted molar refractivity (Wildman–Crippen MR) is 65.1 cm³/mol. The Morgan fingerprint density at radius 3 is 2.76 bits per heavy atom. The van der Waals surface area contributed by atoms with Gasteiger partial charge in [-0.2, -0.15) is 5.10 Å². The molecule has 1 fully saturated rings. The number of carboxylic acid groups (broad SMARTS) is 1. The summed E-state index contributed by atoms with van der Waals surface area (Å²) in [5, 5.41) is 13.0. The average Bonchev–Trinajstić information content (AvgIpc) is 2.70. The lowest BCUT2D eigenvalue weighted by Gasteiger charge is -2.21. The summed E-state index contributed by atoms with van der Waals surface area (Å²) in [4.78, 5) is 10.8. The van der Waals surface area contributed by atoms with E-state index in [1.165, 1.54) is 32.1 Å². The van der Waals surface area contributed by atoms with Crippen molar-refractivity contribution in [2.24, 2.45) is 5.92 Å². The van der Waals surface area contributed by atoms with Crippen LogP contribution < -0.4 is 0 Å². The number of hydrogen-bond acceptors (Lipinski definition) is 2. The predicted octanol–water partition coefficient (Wildman–Crippen LogP) is 2.86. The molecule has 1 aromatic rings. The van der Waals surface area contributed by atoms with Crippen LogP contribution in [0.4, 0.5) is 0 Å². The molecule has 1 saturated carbocycles. The molecule has 0 unspecified atom stereocenters. The molecule has 1 aliphatic carbocycles. The molecule has 17 heavy (non-hydrogen) atoms. The first-order chi connectivity index (χ1) is 8.16. The van der Waals surface area contributed by atoms with E-state index in [4.69, 9.17) is 5.11 Å². The Morgan fingerprint density at radius 1 is 1.47 bits per heavy atom. The molecule has 2 rings (SSSR count). The molecule has 0 radical (unpaired) electrons. The van der Waals surface area contributed by atoms with Crippen molar-refractivity contribution < 1.29 is 9.90 Å². The Morgan fingerprint density at radius 2 is 2.18 bits per heavy atom. The van der Waals surface area contributed by atoms with E-state index >= 15 is 0 Å². The van der Waals surface area contributed by atoms with E-state index < -0.39 is 5.97 Å². The minimum absolute atomic E-state index is 0.158. The molecule has 0 aromatic carbocycles. The third-order valence-corrected chi connectivity index (χ3v) is 3.67. The summed E-state index contributed by atoms with van der Waals surface area (Å²) in [5.41, 5.74) is 1.10. The Labute approximate surface area is 102 Å². The van der Waals surface area contributed by atoms with Crippen molar-refractivity contribution in [1.82, 2.24) is 9.78 Å². The molecule has 0 bridgehead atoms. The standard InChI is InChI=1S/C13H20N2O2/c1-10-9-12(13(16)17)14-15(10)8-7-11-5-3-2-4-6-11/h9,11H,2-8H2,1H3,(H,16,17). The van der Waals surface area contributed by atoms with Gasteiger partial charge in [-0.05, 0) is 25.3 Å². The van der Waals surface area contributed by atoms with Crippen LogP contribution in [0.3, 0.4) is 0 Å². The summed E-state index contributed by atoms with van der Waals surface area (Å²) < 4.78 is 1.83. The van der Waals surface area contributed by atoms with Gasteiger partial charge < -0.3 is 5.11 Å². The third kappa shape index (κ3) is 3.08. The van der Waals surface area contributed by atoms with Crippen LogP contribution in [0.1, 0.15) is 54.7 Å². The van der Waals surface area contributed by atoms with Crippen molar-refractivity contribution in [2.45, 2.75) is 52.0 Å². The number of aromatic carboxylic acids is 1. The zero-order chi connectivity index (χ0) is 12.3. The Bertz CT molecular complexity index is 392. The number of carboxylic acids is 1. The van der Waals surface area contributed by atoms with E-state index in [0.29, 0.717) is 0 Å². The number of nitrogens with zero attached hydrogens (tertiary/aromatic N) is 2. The first-order valence-electron chi connectivity index (χ1n) is 6.44. The van der Waals surface area contributed by atoms with Gasteiger partial charge in [0.05, 0.1) is 0 Å². The smallest absolute Gasteiger partial charge is 0.356 e. The molecule has 1 N–H and O–H groups in total. The van der Waals surface area contributed by atoms with E-state index in [1.807, 2.05) is 11.6 Å². The molecule has 0 saturated heterocycles. The Kier molecular flexibility index (Phi) is 3.82. The zero-order valence-corrected chi connectivity index (χ0v) is 10.4. The molecule has 0 spiro atoms. The van der Waals surface area contributed by atoms with Gasteiger partial charge in [-0.25, -0.2) is 4.79 Å². The normalized spacial score (nSPS) is 17.2. The van der Waals surface area contributed by atoms with Gasteiger partial charge in [0.2, 0.25) is 0 Å². The molecular formula is C13H20N2O2. The first-order valence-corrected chi connectivity index (χ1v) is 6.44. The SMILES string of the molecule is Cc1cc(C(=O)O)nn1CCC1CCCCC1. The zero-order valence-electron chi connectivity index (χ0n) is 10.4.